The number of benzene rings is 2. The third-order valence-corrected chi connectivity index (χ3v) is 7.12. The Morgan fingerprint density at radius 3 is 2.68 bits per heavy atom. The van der Waals surface area contributed by atoms with Crippen LogP contribution in [0.3, 0.4) is 0 Å². The Hall–Kier alpha value is -4.09. The van der Waals surface area contributed by atoms with E-state index in [1.165, 1.54) is 28.7 Å². The summed E-state index contributed by atoms with van der Waals surface area (Å²) in [7, 11) is 3.18. The molecule has 0 unspecified atom stereocenters. The van der Waals surface area contributed by atoms with Crippen LogP contribution < -0.4 is 14.8 Å². The highest BCUT2D eigenvalue weighted by atomic mass is 32.2. The topological polar surface area (TPSA) is 104 Å². The smallest absolute Gasteiger partial charge is 0.236 e. The first-order chi connectivity index (χ1) is 18.1. The molecule has 0 saturated heterocycles. The van der Waals surface area contributed by atoms with Gasteiger partial charge < -0.3 is 19.2 Å². The van der Waals surface area contributed by atoms with Crippen molar-refractivity contribution < 1.29 is 18.7 Å². The zero-order valence-corrected chi connectivity index (χ0v) is 21.9. The highest BCUT2D eigenvalue weighted by molar-refractivity contribution is 7.99. The van der Waals surface area contributed by atoms with Crippen molar-refractivity contribution in [3.05, 3.63) is 71.8 Å². The van der Waals surface area contributed by atoms with Gasteiger partial charge in [0.15, 0.2) is 16.0 Å². The molecule has 0 aliphatic rings. The molecule has 11 heteroatoms. The molecule has 0 aliphatic heterocycles. The van der Waals surface area contributed by atoms with E-state index in [9.17, 15) is 4.79 Å². The normalized spacial score (nSPS) is 10.9. The number of rotatable bonds is 9. The Morgan fingerprint density at radius 1 is 1.11 bits per heavy atom. The number of amides is 1. The minimum Gasteiger partial charge on any atom is -0.497 e. The van der Waals surface area contributed by atoms with E-state index in [-0.39, 0.29) is 11.7 Å². The lowest BCUT2D eigenvalue weighted by atomic mass is 10.1. The highest BCUT2D eigenvalue weighted by Gasteiger charge is 2.22. The van der Waals surface area contributed by atoms with Gasteiger partial charge in [0.25, 0.3) is 0 Å². The molecule has 0 aliphatic carbocycles. The first kappa shape index (κ1) is 24.6. The molecule has 5 aromatic rings. The molecule has 0 bridgehead atoms. The van der Waals surface area contributed by atoms with Gasteiger partial charge in [-0.15, -0.1) is 21.5 Å². The predicted molar refractivity (Wildman–Crippen MR) is 144 cm³/mol. The third kappa shape index (κ3) is 5.37. The van der Waals surface area contributed by atoms with Crippen LogP contribution in [0.1, 0.15) is 5.56 Å². The van der Waals surface area contributed by atoms with Gasteiger partial charge in [-0.1, -0.05) is 41.6 Å². The van der Waals surface area contributed by atoms with Crippen molar-refractivity contribution in [3.63, 3.8) is 0 Å². The molecule has 0 atom stereocenters. The Morgan fingerprint density at radius 2 is 1.95 bits per heavy atom. The summed E-state index contributed by atoms with van der Waals surface area (Å²) in [6.07, 6.45) is 1.57. The van der Waals surface area contributed by atoms with Gasteiger partial charge in [0.1, 0.15) is 11.5 Å². The number of thioether (sulfide) groups is 1. The van der Waals surface area contributed by atoms with E-state index in [2.05, 4.69) is 20.5 Å². The first-order valence-electron chi connectivity index (χ1n) is 11.2. The van der Waals surface area contributed by atoms with Crippen LogP contribution in [-0.2, 0) is 4.79 Å². The number of nitrogens with zero attached hydrogens (tertiary/aromatic N) is 4. The minimum absolute atomic E-state index is 0.0992. The van der Waals surface area contributed by atoms with Crippen molar-refractivity contribution in [3.8, 4) is 40.0 Å². The highest BCUT2D eigenvalue weighted by Crippen LogP contribution is 2.35. The summed E-state index contributed by atoms with van der Waals surface area (Å²) in [5.41, 5.74) is 3.66. The Balaban J connectivity index is 1.37. The molecule has 188 valence electrons. The molecular formula is C26H23N5O4S2. The molecular weight excluding hydrogens is 510 g/mol. The lowest BCUT2D eigenvalue weighted by Gasteiger charge is -2.14. The van der Waals surface area contributed by atoms with E-state index >= 15 is 0 Å². The molecule has 0 fully saturated rings. The van der Waals surface area contributed by atoms with Gasteiger partial charge in [0.05, 0.1) is 37.6 Å². The number of methoxy groups -OCH3 is 2. The Bertz CT molecular complexity index is 1510. The number of hydrogen-bond donors (Lipinski definition) is 1. The molecule has 37 heavy (non-hydrogen) atoms. The Labute approximate surface area is 221 Å². The van der Waals surface area contributed by atoms with Crippen LogP contribution in [0.15, 0.2) is 75.8 Å². The number of nitrogens with one attached hydrogen (secondary N) is 1. The molecule has 0 spiro atoms. The summed E-state index contributed by atoms with van der Waals surface area (Å²) in [5, 5.41) is 14.5. The van der Waals surface area contributed by atoms with E-state index in [1.54, 1.807) is 49.3 Å². The summed E-state index contributed by atoms with van der Waals surface area (Å²) in [5.74, 6) is 2.12. The fourth-order valence-corrected chi connectivity index (χ4v) is 5.07. The maximum Gasteiger partial charge on any atom is 0.236 e. The number of thiazole rings is 1. The standard InChI is InChI=1S/C26H23N5O4S2/c1-16-6-8-17(9-7-16)19-14-36-25(27-19)28-23(32)15-37-26-30-29-24(22-5-4-12-35-22)31(26)20-13-18(33-2)10-11-21(20)34-3/h4-14H,15H2,1-3H3,(H,27,28,32). The molecule has 9 nitrogen and oxygen atoms in total. The number of aromatic nitrogens is 4. The predicted octanol–water partition coefficient (Wildman–Crippen LogP) is 5.71. The average Bonchev–Trinajstić information content (AvgIpc) is 3.68. The van der Waals surface area contributed by atoms with Crippen molar-refractivity contribution in [1.29, 1.82) is 0 Å². The summed E-state index contributed by atoms with van der Waals surface area (Å²) >= 11 is 2.62. The maximum absolute atomic E-state index is 12.8. The number of carbonyl (C=O) groups excluding carboxylic acids is 1. The van der Waals surface area contributed by atoms with Crippen LogP contribution in [0.5, 0.6) is 11.5 Å². The van der Waals surface area contributed by atoms with Crippen LogP contribution in [0.4, 0.5) is 5.13 Å². The van der Waals surface area contributed by atoms with E-state index in [4.69, 9.17) is 13.9 Å². The van der Waals surface area contributed by atoms with Crippen LogP contribution in [-0.4, -0.2) is 45.6 Å². The number of carbonyl (C=O) groups is 1. The lowest BCUT2D eigenvalue weighted by Crippen LogP contribution is -2.14. The van der Waals surface area contributed by atoms with E-state index in [0.29, 0.717) is 39.1 Å². The van der Waals surface area contributed by atoms with Crippen molar-refractivity contribution in [1.82, 2.24) is 19.7 Å². The number of hydrogen-bond acceptors (Lipinski definition) is 9. The van der Waals surface area contributed by atoms with E-state index < -0.39 is 0 Å². The number of anilines is 1. The summed E-state index contributed by atoms with van der Waals surface area (Å²) in [6, 6.07) is 17.1. The van der Waals surface area contributed by atoms with Crippen LogP contribution in [0, 0.1) is 6.92 Å². The van der Waals surface area contributed by atoms with E-state index in [1.807, 2.05) is 42.6 Å². The van der Waals surface area contributed by atoms with Gasteiger partial charge >= 0.3 is 0 Å². The fourth-order valence-electron chi connectivity index (χ4n) is 3.59. The molecule has 3 aromatic heterocycles. The second-order valence-corrected chi connectivity index (χ2v) is 9.70. The van der Waals surface area contributed by atoms with Crippen LogP contribution >= 0.6 is 23.1 Å². The monoisotopic (exact) mass is 533 g/mol. The molecule has 0 saturated carbocycles. The molecule has 1 amide bonds. The maximum atomic E-state index is 12.8. The van der Waals surface area contributed by atoms with Crippen molar-refractivity contribution >= 4 is 34.1 Å². The second kappa shape index (κ2) is 10.9. The molecule has 3 heterocycles. The summed E-state index contributed by atoms with van der Waals surface area (Å²) < 4.78 is 18.4. The summed E-state index contributed by atoms with van der Waals surface area (Å²) in [4.78, 5) is 17.3. The minimum atomic E-state index is -0.207. The first-order valence-corrected chi connectivity index (χ1v) is 13.1. The SMILES string of the molecule is COc1ccc(OC)c(-n2c(SCC(=O)Nc3nc(-c4ccc(C)cc4)cs3)nnc2-c2ccco2)c1. The zero-order valence-electron chi connectivity index (χ0n) is 20.3. The fraction of sp³-hybridized carbons (Fsp3) is 0.154. The molecule has 5 rings (SSSR count). The van der Waals surface area contributed by atoms with Gasteiger partial charge in [0.2, 0.25) is 11.7 Å². The van der Waals surface area contributed by atoms with Gasteiger partial charge in [-0.2, -0.15) is 0 Å². The number of furan rings is 1. The Kier molecular flexibility index (Phi) is 7.24. The van der Waals surface area contributed by atoms with E-state index in [0.717, 1.165) is 11.3 Å². The quantitative estimate of drug-likeness (QED) is 0.240. The van der Waals surface area contributed by atoms with Crippen molar-refractivity contribution in [2.45, 2.75) is 12.1 Å². The molecule has 2 aromatic carbocycles. The average molecular weight is 534 g/mol. The van der Waals surface area contributed by atoms with Crippen LogP contribution in [0.2, 0.25) is 0 Å². The third-order valence-electron chi connectivity index (χ3n) is 5.43. The summed E-state index contributed by atoms with van der Waals surface area (Å²) in [6.45, 7) is 2.04. The van der Waals surface area contributed by atoms with Gasteiger partial charge in [-0.3, -0.25) is 9.36 Å². The number of aryl methyl sites for hydroxylation is 1. The van der Waals surface area contributed by atoms with Crippen molar-refractivity contribution in [2.24, 2.45) is 0 Å². The molecule has 0 radical (unpaired) electrons. The lowest BCUT2D eigenvalue weighted by molar-refractivity contribution is -0.113. The second-order valence-electron chi connectivity index (χ2n) is 7.90. The van der Waals surface area contributed by atoms with Gasteiger partial charge in [-0.25, -0.2) is 4.98 Å². The van der Waals surface area contributed by atoms with Crippen molar-refractivity contribution in [2.75, 3.05) is 25.3 Å². The van der Waals surface area contributed by atoms with Gasteiger partial charge in [0, 0.05) is 17.0 Å². The zero-order chi connectivity index (χ0) is 25.8. The number of ether oxygens (including phenoxy) is 2. The van der Waals surface area contributed by atoms with Gasteiger partial charge in [-0.05, 0) is 31.2 Å². The molecule has 1 N–H and O–H groups in total. The largest absolute Gasteiger partial charge is 0.497 e. The van der Waals surface area contributed by atoms with Crippen LogP contribution in [0.25, 0.3) is 28.5 Å².